The zero-order valence-electron chi connectivity index (χ0n) is 12.0. The third kappa shape index (κ3) is 2.91. The van der Waals surface area contributed by atoms with Gasteiger partial charge >= 0.3 is 0 Å². The first-order valence-corrected chi connectivity index (χ1v) is 7.03. The minimum atomic E-state index is 0.217. The number of rotatable bonds is 3. The van der Waals surface area contributed by atoms with Crippen molar-refractivity contribution in [3.8, 4) is 5.75 Å². The third-order valence-electron chi connectivity index (χ3n) is 4.65. The Morgan fingerprint density at radius 2 is 2.00 bits per heavy atom. The zero-order chi connectivity index (χ0) is 14.0. The number of allylic oxidation sites excluding steroid dienone is 2. The van der Waals surface area contributed by atoms with Crippen LogP contribution in [0.25, 0.3) is 0 Å². The van der Waals surface area contributed by atoms with Crippen LogP contribution in [0.3, 0.4) is 0 Å². The Labute approximate surface area is 116 Å². The number of benzene rings is 1. The molecule has 1 aromatic rings. The molecule has 0 saturated heterocycles. The van der Waals surface area contributed by atoms with Gasteiger partial charge in [0.1, 0.15) is 5.75 Å². The summed E-state index contributed by atoms with van der Waals surface area (Å²) in [6.07, 6.45) is 5.57. The van der Waals surface area contributed by atoms with Gasteiger partial charge in [0.2, 0.25) is 0 Å². The Kier molecular flexibility index (Phi) is 3.84. The maximum absolute atomic E-state index is 9.45. The van der Waals surface area contributed by atoms with Crippen molar-refractivity contribution in [1.82, 2.24) is 0 Å². The molecule has 0 spiro atoms. The molecule has 2 rings (SSSR count). The number of hydrogen-bond donors (Lipinski definition) is 1. The maximum atomic E-state index is 9.45. The normalized spacial score (nSPS) is 30.8. The molecule has 0 bridgehead atoms. The molecular weight excluding hydrogens is 232 g/mol. The number of phenolic OH excluding ortho intramolecular Hbond substituents is 1. The van der Waals surface area contributed by atoms with E-state index in [1.165, 1.54) is 24.0 Å². The highest BCUT2D eigenvalue weighted by Gasteiger charge is 2.36. The fourth-order valence-electron chi connectivity index (χ4n) is 3.28. The van der Waals surface area contributed by atoms with E-state index in [1.54, 1.807) is 12.1 Å². The van der Waals surface area contributed by atoms with E-state index in [2.05, 4.69) is 33.1 Å². The molecule has 0 amide bonds. The van der Waals surface area contributed by atoms with Gasteiger partial charge < -0.3 is 5.11 Å². The summed E-state index contributed by atoms with van der Waals surface area (Å²) in [7, 11) is 0. The molecule has 1 nitrogen and oxygen atoms in total. The van der Waals surface area contributed by atoms with E-state index in [4.69, 9.17) is 0 Å². The molecule has 102 valence electrons. The van der Waals surface area contributed by atoms with Gasteiger partial charge in [-0.1, -0.05) is 37.3 Å². The molecule has 1 fully saturated rings. The smallest absolute Gasteiger partial charge is 0.115 e. The van der Waals surface area contributed by atoms with Crippen molar-refractivity contribution in [2.24, 2.45) is 11.3 Å². The molecule has 0 aliphatic heterocycles. The topological polar surface area (TPSA) is 20.2 Å². The SMILES string of the molecule is C=C[C@]1(C)CC[C@H](C(=C)C)[C@@H](c2ccc(O)cc2)C1. The lowest BCUT2D eigenvalue weighted by atomic mass is 9.63. The van der Waals surface area contributed by atoms with Crippen LogP contribution >= 0.6 is 0 Å². The highest BCUT2D eigenvalue weighted by molar-refractivity contribution is 5.31. The van der Waals surface area contributed by atoms with Crippen LogP contribution < -0.4 is 0 Å². The lowest BCUT2D eigenvalue weighted by molar-refractivity contribution is 0.210. The van der Waals surface area contributed by atoms with E-state index in [0.717, 1.165) is 6.42 Å². The van der Waals surface area contributed by atoms with Crippen molar-refractivity contribution in [1.29, 1.82) is 0 Å². The van der Waals surface area contributed by atoms with Crippen LogP contribution in [0.1, 0.15) is 44.6 Å². The molecule has 0 heterocycles. The van der Waals surface area contributed by atoms with Gasteiger partial charge in [0.15, 0.2) is 0 Å². The monoisotopic (exact) mass is 256 g/mol. The molecule has 0 aromatic heterocycles. The van der Waals surface area contributed by atoms with Gasteiger partial charge in [0.25, 0.3) is 0 Å². The van der Waals surface area contributed by atoms with Crippen LogP contribution in [0, 0.1) is 11.3 Å². The lowest BCUT2D eigenvalue weighted by Crippen LogP contribution is -2.29. The molecule has 0 unspecified atom stereocenters. The lowest BCUT2D eigenvalue weighted by Gasteiger charge is -2.42. The number of phenols is 1. The summed E-state index contributed by atoms with van der Waals surface area (Å²) in [5, 5.41) is 9.45. The first kappa shape index (κ1) is 13.9. The highest BCUT2D eigenvalue weighted by atomic mass is 16.3. The van der Waals surface area contributed by atoms with Gasteiger partial charge in [0.05, 0.1) is 0 Å². The van der Waals surface area contributed by atoms with Gasteiger partial charge in [-0.05, 0) is 61.1 Å². The van der Waals surface area contributed by atoms with Crippen molar-refractivity contribution in [2.45, 2.75) is 39.0 Å². The van der Waals surface area contributed by atoms with Gasteiger partial charge in [0, 0.05) is 0 Å². The van der Waals surface area contributed by atoms with Gasteiger partial charge in [-0.3, -0.25) is 0 Å². The van der Waals surface area contributed by atoms with E-state index >= 15 is 0 Å². The second-order valence-electron chi connectivity index (χ2n) is 6.25. The second-order valence-corrected chi connectivity index (χ2v) is 6.25. The molecule has 1 aromatic carbocycles. The fraction of sp³-hybridized carbons (Fsp3) is 0.444. The number of hydrogen-bond acceptors (Lipinski definition) is 1. The summed E-state index contributed by atoms with van der Waals surface area (Å²) in [5.41, 5.74) is 2.79. The van der Waals surface area contributed by atoms with Crippen LogP contribution in [0.2, 0.25) is 0 Å². The summed E-state index contributed by atoms with van der Waals surface area (Å²) in [6, 6.07) is 7.66. The van der Waals surface area contributed by atoms with E-state index in [0.29, 0.717) is 17.6 Å². The average molecular weight is 256 g/mol. The maximum Gasteiger partial charge on any atom is 0.115 e. The van der Waals surface area contributed by atoms with Crippen LogP contribution in [-0.2, 0) is 0 Å². The summed E-state index contributed by atoms with van der Waals surface area (Å²) in [5.74, 6) is 1.35. The van der Waals surface area contributed by atoms with Crippen LogP contribution in [-0.4, -0.2) is 5.11 Å². The Morgan fingerprint density at radius 1 is 1.37 bits per heavy atom. The fourth-order valence-corrected chi connectivity index (χ4v) is 3.28. The van der Waals surface area contributed by atoms with E-state index < -0.39 is 0 Å². The van der Waals surface area contributed by atoms with Gasteiger partial charge in [-0.15, -0.1) is 6.58 Å². The van der Waals surface area contributed by atoms with E-state index in [9.17, 15) is 5.11 Å². The minimum Gasteiger partial charge on any atom is -0.508 e. The largest absolute Gasteiger partial charge is 0.508 e. The summed E-state index contributed by atoms with van der Waals surface area (Å²) >= 11 is 0. The summed E-state index contributed by atoms with van der Waals surface area (Å²) in [6.45, 7) is 12.6. The van der Waals surface area contributed by atoms with Crippen LogP contribution in [0.5, 0.6) is 5.75 Å². The van der Waals surface area contributed by atoms with Crippen LogP contribution in [0.4, 0.5) is 0 Å². The molecular formula is C18H24O. The Morgan fingerprint density at radius 3 is 2.53 bits per heavy atom. The minimum absolute atomic E-state index is 0.217. The first-order chi connectivity index (χ1) is 8.95. The summed E-state index contributed by atoms with van der Waals surface area (Å²) < 4.78 is 0. The standard InChI is InChI=1S/C18H24O/c1-5-18(4)11-10-16(13(2)3)17(12-18)14-6-8-15(19)9-7-14/h5-9,16-17,19H,1-2,10-12H2,3-4H3/t16-,17-,18-/m1/s1. The van der Waals surface area contributed by atoms with Crippen molar-refractivity contribution in [2.75, 3.05) is 0 Å². The van der Waals surface area contributed by atoms with Crippen molar-refractivity contribution >= 4 is 0 Å². The van der Waals surface area contributed by atoms with Crippen molar-refractivity contribution in [3.63, 3.8) is 0 Å². The summed E-state index contributed by atoms with van der Waals surface area (Å²) in [4.78, 5) is 0. The molecule has 0 radical (unpaired) electrons. The second kappa shape index (κ2) is 5.24. The zero-order valence-corrected chi connectivity index (χ0v) is 12.0. The molecule has 1 N–H and O–H groups in total. The van der Waals surface area contributed by atoms with E-state index in [-0.39, 0.29) is 5.41 Å². The van der Waals surface area contributed by atoms with Crippen molar-refractivity contribution in [3.05, 3.63) is 54.6 Å². The predicted octanol–water partition coefficient (Wildman–Crippen LogP) is 5.04. The third-order valence-corrected chi connectivity index (χ3v) is 4.65. The highest BCUT2D eigenvalue weighted by Crippen LogP contribution is 2.49. The molecule has 3 atom stereocenters. The van der Waals surface area contributed by atoms with E-state index in [1.807, 2.05) is 12.1 Å². The average Bonchev–Trinajstić information content (AvgIpc) is 2.39. The Balaban J connectivity index is 2.32. The quantitative estimate of drug-likeness (QED) is 0.751. The predicted molar refractivity (Wildman–Crippen MR) is 81.3 cm³/mol. The number of aromatic hydroxyl groups is 1. The molecule has 1 aliphatic carbocycles. The molecule has 1 aliphatic rings. The molecule has 1 heteroatoms. The Bertz CT molecular complexity index is 471. The van der Waals surface area contributed by atoms with Crippen molar-refractivity contribution < 1.29 is 5.11 Å². The molecule has 1 saturated carbocycles. The van der Waals surface area contributed by atoms with Gasteiger partial charge in [-0.25, -0.2) is 0 Å². The van der Waals surface area contributed by atoms with Crippen LogP contribution in [0.15, 0.2) is 49.1 Å². The molecule has 19 heavy (non-hydrogen) atoms. The van der Waals surface area contributed by atoms with Gasteiger partial charge in [-0.2, -0.15) is 0 Å². The first-order valence-electron chi connectivity index (χ1n) is 7.03. The Hall–Kier alpha value is -1.50.